The molecule has 0 aliphatic heterocycles. The third-order valence-electron chi connectivity index (χ3n) is 1.62. The molecule has 0 saturated heterocycles. The maximum atomic E-state index is 5.69. The molecule has 2 unspecified atom stereocenters. The molecule has 3 N–H and O–H groups in total. The van der Waals surface area contributed by atoms with Gasteiger partial charge in [0.15, 0.2) is 5.13 Å². The van der Waals surface area contributed by atoms with Crippen molar-refractivity contribution in [2.24, 2.45) is 5.73 Å². The molecule has 1 aromatic rings. The van der Waals surface area contributed by atoms with Crippen LogP contribution in [0, 0.1) is 0 Å². The molecule has 0 aromatic carbocycles. The van der Waals surface area contributed by atoms with Crippen LogP contribution in [0.3, 0.4) is 0 Å². The molecule has 1 aromatic heterocycles. The number of rotatable bonds is 3. The SMILES string of the molecule is CC(N)C(C)Nc1nc(Br)cs1. The molecule has 1 rings (SSSR count). The minimum Gasteiger partial charge on any atom is -0.357 e. The summed E-state index contributed by atoms with van der Waals surface area (Å²) in [5.41, 5.74) is 5.69. The second-order valence-electron chi connectivity index (χ2n) is 2.77. The lowest BCUT2D eigenvalue weighted by atomic mass is 10.2. The lowest BCUT2D eigenvalue weighted by molar-refractivity contribution is 0.638. The first-order valence-corrected chi connectivity index (χ1v) is 5.40. The van der Waals surface area contributed by atoms with Crippen LogP contribution in [0.4, 0.5) is 5.13 Å². The molecule has 0 fully saturated rings. The molecule has 0 spiro atoms. The fraction of sp³-hybridized carbons (Fsp3) is 0.571. The van der Waals surface area contributed by atoms with Crippen LogP contribution in [0.2, 0.25) is 0 Å². The number of nitrogens with one attached hydrogen (secondary N) is 1. The van der Waals surface area contributed by atoms with E-state index >= 15 is 0 Å². The normalized spacial score (nSPS) is 15.7. The summed E-state index contributed by atoms with van der Waals surface area (Å²) in [4.78, 5) is 4.20. The molecule has 0 aliphatic carbocycles. The molecule has 5 heteroatoms. The largest absolute Gasteiger partial charge is 0.357 e. The predicted molar refractivity (Wildman–Crippen MR) is 56.5 cm³/mol. The Labute approximate surface area is 84.5 Å². The van der Waals surface area contributed by atoms with E-state index in [0.717, 1.165) is 9.73 Å². The summed E-state index contributed by atoms with van der Waals surface area (Å²) in [6, 6.07) is 0.385. The fourth-order valence-corrected chi connectivity index (χ4v) is 1.89. The molecule has 0 aliphatic rings. The molecule has 12 heavy (non-hydrogen) atoms. The maximum Gasteiger partial charge on any atom is 0.183 e. The van der Waals surface area contributed by atoms with Crippen molar-refractivity contribution < 1.29 is 0 Å². The van der Waals surface area contributed by atoms with E-state index in [9.17, 15) is 0 Å². The highest BCUT2D eigenvalue weighted by Crippen LogP contribution is 2.20. The van der Waals surface area contributed by atoms with Crippen molar-refractivity contribution in [3.05, 3.63) is 9.98 Å². The Morgan fingerprint density at radius 1 is 1.67 bits per heavy atom. The van der Waals surface area contributed by atoms with Gasteiger partial charge in [0.1, 0.15) is 4.60 Å². The van der Waals surface area contributed by atoms with Crippen LogP contribution in [-0.2, 0) is 0 Å². The van der Waals surface area contributed by atoms with Crippen LogP contribution in [-0.4, -0.2) is 17.1 Å². The molecule has 68 valence electrons. The second-order valence-corrected chi connectivity index (χ2v) is 4.44. The molecular weight excluding hydrogens is 238 g/mol. The second kappa shape index (κ2) is 4.20. The van der Waals surface area contributed by atoms with Gasteiger partial charge < -0.3 is 11.1 Å². The Kier molecular flexibility index (Phi) is 3.49. The number of nitrogens with two attached hydrogens (primary N) is 1. The van der Waals surface area contributed by atoms with Crippen LogP contribution in [0.5, 0.6) is 0 Å². The van der Waals surface area contributed by atoms with E-state index in [1.54, 1.807) is 11.3 Å². The maximum absolute atomic E-state index is 5.69. The van der Waals surface area contributed by atoms with Gasteiger partial charge in [-0.25, -0.2) is 4.98 Å². The first-order chi connectivity index (χ1) is 5.59. The van der Waals surface area contributed by atoms with Crippen molar-refractivity contribution in [2.45, 2.75) is 25.9 Å². The third kappa shape index (κ3) is 2.73. The molecule has 0 radical (unpaired) electrons. The van der Waals surface area contributed by atoms with Crippen molar-refractivity contribution in [1.82, 2.24) is 4.98 Å². The van der Waals surface area contributed by atoms with Gasteiger partial charge in [-0.1, -0.05) is 0 Å². The molecule has 1 heterocycles. The van der Waals surface area contributed by atoms with Crippen LogP contribution >= 0.6 is 27.3 Å². The van der Waals surface area contributed by atoms with E-state index in [4.69, 9.17) is 5.73 Å². The number of anilines is 1. The Morgan fingerprint density at radius 3 is 2.75 bits per heavy atom. The fourth-order valence-electron chi connectivity index (χ4n) is 0.647. The van der Waals surface area contributed by atoms with Gasteiger partial charge in [0.05, 0.1) is 0 Å². The van der Waals surface area contributed by atoms with Gasteiger partial charge in [0, 0.05) is 17.5 Å². The summed E-state index contributed by atoms with van der Waals surface area (Å²) in [6.07, 6.45) is 0. The van der Waals surface area contributed by atoms with Crippen molar-refractivity contribution in [2.75, 3.05) is 5.32 Å². The predicted octanol–water partition coefficient (Wildman–Crippen LogP) is 2.05. The molecule has 0 amide bonds. The Bertz CT molecular complexity index is 249. The molecule has 0 saturated carbocycles. The van der Waals surface area contributed by atoms with Crippen LogP contribution < -0.4 is 11.1 Å². The zero-order valence-corrected chi connectivity index (χ0v) is 9.45. The van der Waals surface area contributed by atoms with E-state index in [2.05, 4.69) is 26.2 Å². The Morgan fingerprint density at radius 2 is 2.33 bits per heavy atom. The number of hydrogen-bond donors (Lipinski definition) is 2. The number of aromatic nitrogens is 1. The summed E-state index contributed by atoms with van der Waals surface area (Å²) in [5.74, 6) is 0. The van der Waals surface area contributed by atoms with Gasteiger partial charge in [-0.15, -0.1) is 11.3 Å². The molecule has 0 bridgehead atoms. The summed E-state index contributed by atoms with van der Waals surface area (Å²) in [5, 5.41) is 6.06. The van der Waals surface area contributed by atoms with Gasteiger partial charge in [-0.05, 0) is 29.8 Å². The molecular formula is C7H12BrN3S. The van der Waals surface area contributed by atoms with Gasteiger partial charge in [-0.2, -0.15) is 0 Å². The first kappa shape index (κ1) is 9.95. The van der Waals surface area contributed by atoms with Gasteiger partial charge in [0.2, 0.25) is 0 Å². The number of halogens is 1. The van der Waals surface area contributed by atoms with E-state index in [-0.39, 0.29) is 12.1 Å². The first-order valence-electron chi connectivity index (χ1n) is 3.72. The number of nitrogens with zero attached hydrogens (tertiary/aromatic N) is 1. The highest BCUT2D eigenvalue weighted by molar-refractivity contribution is 9.10. The average Bonchev–Trinajstić information content (AvgIpc) is 2.35. The molecule has 3 nitrogen and oxygen atoms in total. The lowest BCUT2D eigenvalue weighted by Crippen LogP contribution is -2.35. The summed E-state index contributed by atoms with van der Waals surface area (Å²) < 4.78 is 0.867. The van der Waals surface area contributed by atoms with Gasteiger partial charge >= 0.3 is 0 Å². The van der Waals surface area contributed by atoms with Crippen molar-refractivity contribution >= 4 is 32.4 Å². The smallest absolute Gasteiger partial charge is 0.183 e. The highest BCUT2D eigenvalue weighted by Gasteiger charge is 2.08. The molecule has 2 atom stereocenters. The average molecular weight is 250 g/mol. The summed E-state index contributed by atoms with van der Waals surface area (Å²) >= 11 is 4.86. The summed E-state index contributed by atoms with van der Waals surface area (Å²) in [6.45, 7) is 4.01. The Balaban J connectivity index is 2.52. The van der Waals surface area contributed by atoms with Gasteiger partial charge in [-0.3, -0.25) is 0 Å². The van der Waals surface area contributed by atoms with E-state index < -0.39 is 0 Å². The van der Waals surface area contributed by atoms with Crippen LogP contribution in [0.15, 0.2) is 9.98 Å². The number of hydrogen-bond acceptors (Lipinski definition) is 4. The monoisotopic (exact) mass is 249 g/mol. The van der Waals surface area contributed by atoms with Crippen molar-refractivity contribution in [3.8, 4) is 0 Å². The van der Waals surface area contributed by atoms with Gasteiger partial charge in [0.25, 0.3) is 0 Å². The van der Waals surface area contributed by atoms with E-state index in [0.29, 0.717) is 0 Å². The quantitative estimate of drug-likeness (QED) is 0.863. The van der Waals surface area contributed by atoms with E-state index in [1.165, 1.54) is 0 Å². The zero-order chi connectivity index (χ0) is 9.14. The van der Waals surface area contributed by atoms with Crippen molar-refractivity contribution in [3.63, 3.8) is 0 Å². The standard InChI is InChI=1S/C7H12BrN3S/c1-4(9)5(2)10-7-11-6(8)3-12-7/h3-5H,9H2,1-2H3,(H,10,11). The van der Waals surface area contributed by atoms with Crippen LogP contribution in [0.25, 0.3) is 0 Å². The highest BCUT2D eigenvalue weighted by atomic mass is 79.9. The Hall–Kier alpha value is -0.130. The minimum atomic E-state index is 0.132. The minimum absolute atomic E-state index is 0.132. The number of thiazole rings is 1. The summed E-state index contributed by atoms with van der Waals surface area (Å²) in [7, 11) is 0. The van der Waals surface area contributed by atoms with Crippen LogP contribution in [0.1, 0.15) is 13.8 Å². The van der Waals surface area contributed by atoms with E-state index in [1.807, 2.05) is 19.2 Å². The van der Waals surface area contributed by atoms with Crippen molar-refractivity contribution in [1.29, 1.82) is 0 Å². The third-order valence-corrected chi connectivity index (χ3v) is 3.10. The zero-order valence-electron chi connectivity index (χ0n) is 7.04. The lowest BCUT2D eigenvalue weighted by Gasteiger charge is -2.15. The topological polar surface area (TPSA) is 50.9 Å².